The number of nitrogens with one attached hydrogen (secondary N) is 4. The van der Waals surface area contributed by atoms with Crippen LogP contribution in [0.5, 0.6) is 0 Å². The van der Waals surface area contributed by atoms with Crippen molar-refractivity contribution in [2.45, 2.75) is 44.3 Å². The number of anilines is 2. The van der Waals surface area contributed by atoms with Crippen LogP contribution in [0.4, 0.5) is 15.8 Å². The fraction of sp³-hybridized carbons (Fsp3) is 0.233. The van der Waals surface area contributed by atoms with Crippen LogP contribution in [0.3, 0.4) is 0 Å². The van der Waals surface area contributed by atoms with E-state index in [0.717, 1.165) is 24.8 Å². The van der Waals surface area contributed by atoms with Crippen molar-refractivity contribution in [2.24, 2.45) is 0 Å². The van der Waals surface area contributed by atoms with Crippen LogP contribution >= 0.6 is 11.6 Å². The SMILES string of the molecule is [2H]C(Nc1cc(Cl)c2ncc(C#N)c(N[C@H](CC)c3ccccc3)c2c1)(C1=CN(C2CC2)NN1)c1cccnc1F. The van der Waals surface area contributed by atoms with Gasteiger partial charge in [-0.05, 0) is 43.0 Å². The molecule has 4 N–H and O–H groups in total. The average Bonchev–Trinajstić information content (AvgIpc) is 3.71. The second kappa shape index (κ2) is 11.0. The Morgan fingerprint density at radius 2 is 2.02 bits per heavy atom. The molecule has 1 unspecified atom stereocenters. The highest BCUT2D eigenvalue weighted by Gasteiger charge is 2.33. The van der Waals surface area contributed by atoms with E-state index in [-0.39, 0.29) is 11.6 Å². The van der Waals surface area contributed by atoms with Crippen LogP contribution in [-0.4, -0.2) is 21.0 Å². The van der Waals surface area contributed by atoms with Gasteiger partial charge in [0, 0.05) is 41.3 Å². The first-order valence-corrected chi connectivity index (χ1v) is 13.5. The summed E-state index contributed by atoms with van der Waals surface area (Å²) in [5.74, 6) is -0.765. The monoisotopic (exact) mass is 555 g/mol. The molecule has 4 aromatic rings. The third-order valence-corrected chi connectivity index (χ3v) is 7.36. The molecule has 8 nitrogen and oxygen atoms in total. The fourth-order valence-corrected chi connectivity index (χ4v) is 5.12. The summed E-state index contributed by atoms with van der Waals surface area (Å²) in [6.45, 7) is 2.07. The molecule has 1 saturated carbocycles. The molecular formula is C30H28ClFN8. The minimum absolute atomic E-state index is 0.0341. The van der Waals surface area contributed by atoms with Gasteiger partial charge >= 0.3 is 0 Å². The van der Waals surface area contributed by atoms with Crippen LogP contribution in [0.2, 0.25) is 5.02 Å². The number of rotatable bonds is 9. The van der Waals surface area contributed by atoms with E-state index in [1.165, 1.54) is 18.5 Å². The number of aromatic nitrogens is 2. The number of nitrogens with zero attached hydrogens (tertiary/aromatic N) is 4. The Labute approximate surface area is 238 Å². The minimum Gasteiger partial charge on any atom is -0.377 e. The minimum atomic E-state index is -1.80. The van der Waals surface area contributed by atoms with Crippen molar-refractivity contribution in [3.05, 3.63) is 107 Å². The van der Waals surface area contributed by atoms with Gasteiger partial charge in [-0.25, -0.2) is 4.98 Å². The van der Waals surface area contributed by atoms with E-state index in [2.05, 4.69) is 44.6 Å². The molecule has 40 heavy (non-hydrogen) atoms. The zero-order valence-electron chi connectivity index (χ0n) is 22.7. The van der Waals surface area contributed by atoms with Crippen molar-refractivity contribution in [3.63, 3.8) is 0 Å². The fourth-order valence-electron chi connectivity index (χ4n) is 4.85. The number of hydrogen-bond donors (Lipinski definition) is 4. The van der Waals surface area contributed by atoms with Crippen LogP contribution in [0.15, 0.2) is 78.9 Å². The summed E-state index contributed by atoms with van der Waals surface area (Å²) in [6.07, 6.45) is 7.47. The Kier molecular flexibility index (Phi) is 6.78. The number of hydrazine groups is 2. The van der Waals surface area contributed by atoms with E-state index < -0.39 is 12.0 Å². The summed E-state index contributed by atoms with van der Waals surface area (Å²) < 4.78 is 24.6. The first kappa shape index (κ1) is 24.6. The quantitative estimate of drug-likeness (QED) is 0.178. The maximum absolute atomic E-state index is 15.1. The number of halogens is 2. The lowest BCUT2D eigenvalue weighted by Crippen LogP contribution is -2.38. The molecule has 2 aromatic carbocycles. The molecule has 0 amide bonds. The molecule has 2 atom stereocenters. The molecule has 0 saturated heterocycles. The van der Waals surface area contributed by atoms with E-state index >= 15 is 4.39 Å². The Bertz CT molecular complexity index is 1670. The topological polar surface area (TPSA) is 101 Å². The summed E-state index contributed by atoms with van der Waals surface area (Å²) >= 11 is 6.74. The lowest BCUT2D eigenvalue weighted by atomic mass is 10.0. The molecule has 3 heterocycles. The van der Waals surface area contributed by atoms with Gasteiger partial charge in [-0.15, -0.1) is 5.53 Å². The summed E-state index contributed by atoms with van der Waals surface area (Å²) in [4.78, 5) is 8.26. The predicted molar refractivity (Wildman–Crippen MR) is 154 cm³/mol. The summed E-state index contributed by atoms with van der Waals surface area (Å²) in [5.41, 5.74) is 9.50. The second-order valence-corrected chi connectivity index (χ2v) is 10.2. The van der Waals surface area contributed by atoms with Crippen molar-refractivity contribution < 1.29 is 5.76 Å². The maximum Gasteiger partial charge on any atom is 0.218 e. The van der Waals surface area contributed by atoms with Crippen molar-refractivity contribution in [1.29, 1.82) is 5.26 Å². The zero-order valence-corrected chi connectivity index (χ0v) is 22.5. The molecular weight excluding hydrogens is 527 g/mol. The number of hydrogen-bond acceptors (Lipinski definition) is 8. The molecule has 0 radical (unpaired) electrons. The highest BCUT2D eigenvalue weighted by atomic mass is 35.5. The number of benzene rings is 2. The van der Waals surface area contributed by atoms with E-state index in [4.69, 9.17) is 11.6 Å². The van der Waals surface area contributed by atoms with Crippen LogP contribution in [0, 0.1) is 17.3 Å². The standard InChI is InChI=1S/C30H28ClFN8/c1-2-25(18-7-4-3-5-8-18)37-27-19(15-33)16-35-28-23(27)13-20(14-24(28)31)36-29(22-9-6-12-34-30(22)32)26-17-40(39-38-26)21-10-11-21/h3-9,12-14,16-17,21,25,29,36,38-39H,2,10-11H2,1H3,(H,35,37)/t25-,29?/m1/s1/i29D. The van der Waals surface area contributed by atoms with E-state index in [1.807, 2.05) is 35.3 Å². The Balaban J connectivity index is 1.45. The van der Waals surface area contributed by atoms with Crippen LogP contribution < -0.4 is 21.6 Å². The number of nitriles is 1. The number of pyridine rings is 2. The third kappa shape index (κ3) is 5.11. The normalized spacial score (nSPS) is 17.3. The largest absolute Gasteiger partial charge is 0.377 e. The third-order valence-electron chi connectivity index (χ3n) is 7.07. The molecule has 0 spiro atoms. The molecule has 202 valence electrons. The van der Waals surface area contributed by atoms with Gasteiger partial charge in [-0.2, -0.15) is 9.65 Å². The van der Waals surface area contributed by atoms with E-state index in [0.29, 0.717) is 44.6 Å². The lowest BCUT2D eigenvalue weighted by molar-refractivity contribution is 0.260. The van der Waals surface area contributed by atoms with E-state index in [1.54, 1.807) is 24.4 Å². The molecule has 1 aliphatic heterocycles. The number of fused-ring (bicyclic) bond motifs is 1. The molecule has 6 rings (SSSR count). The maximum atomic E-state index is 15.1. The van der Waals surface area contributed by atoms with Crippen molar-refractivity contribution in [3.8, 4) is 6.07 Å². The molecule has 2 aliphatic rings. The Hall–Kier alpha value is -4.39. The van der Waals surface area contributed by atoms with Crippen molar-refractivity contribution in [1.82, 2.24) is 25.9 Å². The summed E-state index contributed by atoms with van der Waals surface area (Å²) in [5, 5.41) is 19.5. The Morgan fingerprint density at radius 1 is 1.20 bits per heavy atom. The molecule has 10 heteroatoms. The first-order valence-electron chi connectivity index (χ1n) is 13.7. The molecule has 1 aliphatic carbocycles. The van der Waals surface area contributed by atoms with Crippen molar-refractivity contribution in [2.75, 3.05) is 10.6 Å². The van der Waals surface area contributed by atoms with Crippen LogP contribution in [0.25, 0.3) is 10.9 Å². The van der Waals surface area contributed by atoms with Gasteiger partial charge in [0.15, 0.2) is 0 Å². The highest BCUT2D eigenvalue weighted by molar-refractivity contribution is 6.35. The van der Waals surface area contributed by atoms with E-state index in [9.17, 15) is 6.63 Å². The van der Waals surface area contributed by atoms with Crippen LogP contribution in [-0.2, 0) is 0 Å². The van der Waals surface area contributed by atoms with Crippen molar-refractivity contribution >= 4 is 33.9 Å². The summed E-state index contributed by atoms with van der Waals surface area (Å²) in [6, 6.07) is 17.2. The van der Waals surface area contributed by atoms with Gasteiger partial charge in [0.25, 0.3) is 0 Å². The van der Waals surface area contributed by atoms with Gasteiger partial charge < -0.3 is 16.1 Å². The molecule has 0 bridgehead atoms. The highest BCUT2D eigenvalue weighted by Crippen LogP contribution is 2.38. The molecule has 2 aromatic heterocycles. The second-order valence-electron chi connectivity index (χ2n) is 9.79. The first-order chi connectivity index (χ1) is 19.9. The van der Waals surface area contributed by atoms with Gasteiger partial charge in [-0.1, -0.05) is 54.9 Å². The zero-order chi connectivity index (χ0) is 28.6. The van der Waals surface area contributed by atoms with Gasteiger partial charge in [0.2, 0.25) is 5.95 Å². The Morgan fingerprint density at radius 3 is 2.75 bits per heavy atom. The molecule has 1 fully saturated rings. The lowest BCUT2D eigenvalue weighted by Gasteiger charge is -2.23. The van der Waals surface area contributed by atoms with Gasteiger partial charge in [-0.3, -0.25) is 9.99 Å². The predicted octanol–water partition coefficient (Wildman–Crippen LogP) is 6.34. The van der Waals surface area contributed by atoms with Gasteiger partial charge in [0.05, 0.1) is 40.9 Å². The van der Waals surface area contributed by atoms with Gasteiger partial charge in [0.1, 0.15) is 6.07 Å². The summed E-state index contributed by atoms with van der Waals surface area (Å²) in [7, 11) is 0. The van der Waals surface area contributed by atoms with Crippen LogP contribution in [0.1, 0.15) is 56.3 Å². The smallest absolute Gasteiger partial charge is 0.218 e. The average molecular weight is 556 g/mol.